The Hall–Kier alpha value is -1.05. The van der Waals surface area contributed by atoms with Gasteiger partial charge in [0.05, 0.1) is 28.3 Å². The Labute approximate surface area is 151 Å². The summed E-state index contributed by atoms with van der Waals surface area (Å²) in [5.74, 6) is 0.0167. The van der Waals surface area contributed by atoms with Crippen molar-refractivity contribution in [1.29, 1.82) is 0 Å². The monoisotopic (exact) mass is 386 g/mol. The van der Waals surface area contributed by atoms with Gasteiger partial charge in [-0.25, -0.2) is 8.42 Å². The number of benzene rings is 1. The molecule has 0 N–H and O–H groups in total. The highest BCUT2D eigenvalue weighted by atomic mass is 35.5. The van der Waals surface area contributed by atoms with Gasteiger partial charge in [-0.2, -0.15) is 4.99 Å². The third-order valence-electron chi connectivity index (χ3n) is 4.14. The highest BCUT2D eigenvalue weighted by molar-refractivity contribution is 8.16. The third kappa shape index (κ3) is 3.63. The lowest BCUT2D eigenvalue weighted by Gasteiger charge is -2.25. The summed E-state index contributed by atoms with van der Waals surface area (Å²) in [6.45, 7) is 2.02. The number of unbranched alkanes of at least 4 members (excludes halogenated alkanes) is 1. The van der Waals surface area contributed by atoms with E-state index in [4.69, 9.17) is 11.6 Å². The molecule has 0 spiro atoms. The maximum absolute atomic E-state index is 12.1. The number of amides is 1. The van der Waals surface area contributed by atoms with Crippen molar-refractivity contribution in [3.05, 3.63) is 29.3 Å². The zero-order chi connectivity index (χ0) is 17.3. The minimum atomic E-state index is -3.07. The molecule has 130 valence electrons. The third-order valence-corrected chi connectivity index (χ3v) is 7.67. The average Bonchev–Trinajstić information content (AvgIpc) is 2.97. The van der Waals surface area contributed by atoms with Crippen molar-refractivity contribution >= 4 is 50.0 Å². The van der Waals surface area contributed by atoms with E-state index in [1.807, 2.05) is 30.0 Å². The summed E-state index contributed by atoms with van der Waals surface area (Å²) in [6, 6.07) is 7.04. The van der Waals surface area contributed by atoms with Crippen molar-refractivity contribution in [1.82, 2.24) is 0 Å². The van der Waals surface area contributed by atoms with E-state index in [1.54, 1.807) is 6.07 Å². The van der Waals surface area contributed by atoms with Crippen molar-refractivity contribution < 1.29 is 13.2 Å². The largest absolute Gasteiger partial charge is 0.314 e. The molecule has 0 radical (unpaired) electrons. The number of halogens is 1. The van der Waals surface area contributed by atoms with Crippen molar-refractivity contribution in [2.45, 2.75) is 37.5 Å². The fourth-order valence-corrected chi connectivity index (χ4v) is 7.13. The molecule has 2 heterocycles. The number of nitrogens with zero attached hydrogens (tertiary/aromatic N) is 2. The van der Waals surface area contributed by atoms with Crippen LogP contribution in [0.4, 0.5) is 5.69 Å². The minimum absolute atomic E-state index is 0.0675. The Morgan fingerprint density at radius 1 is 1.38 bits per heavy atom. The van der Waals surface area contributed by atoms with Crippen LogP contribution < -0.4 is 4.90 Å². The molecule has 2 aliphatic rings. The van der Waals surface area contributed by atoms with Gasteiger partial charge in [-0.05, 0) is 18.6 Å². The van der Waals surface area contributed by atoms with Crippen molar-refractivity contribution in [2.24, 2.45) is 4.99 Å². The van der Waals surface area contributed by atoms with Crippen LogP contribution in [0.1, 0.15) is 26.2 Å². The molecule has 0 saturated carbocycles. The predicted molar refractivity (Wildman–Crippen MR) is 99.7 cm³/mol. The van der Waals surface area contributed by atoms with E-state index in [2.05, 4.69) is 4.99 Å². The zero-order valence-corrected chi connectivity index (χ0v) is 15.7. The number of sulfone groups is 1. The molecular formula is C16H19ClN2O3S2. The summed E-state index contributed by atoms with van der Waals surface area (Å²) in [5, 5.41) is 0.981. The Morgan fingerprint density at radius 3 is 2.83 bits per heavy atom. The van der Waals surface area contributed by atoms with Gasteiger partial charge in [0, 0.05) is 11.7 Å². The molecule has 24 heavy (non-hydrogen) atoms. The molecule has 1 aromatic rings. The van der Waals surface area contributed by atoms with Crippen LogP contribution in [0.25, 0.3) is 0 Å². The van der Waals surface area contributed by atoms with Gasteiger partial charge in [0.1, 0.15) is 0 Å². The number of carbonyl (C=O) groups is 1. The SMILES string of the molecule is CCCCC(=O)N=C1S[C@H]2CS(=O)(=O)C[C@@H]2N1c1ccccc1Cl. The van der Waals surface area contributed by atoms with Gasteiger partial charge >= 0.3 is 0 Å². The molecule has 2 atom stereocenters. The van der Waals surface area contributed by atoms with Gasteiger partial charge in [0.15, 0.2) is 15.0 Å². The van der Waals surface area contributed by atoms with Crippen LogP contribution in [0.2, 0.25) is 5.02 Å². The van der Waals surface area contributed by atoms with Crippen LogP contribution >= 0.6 is 23.4 Å². The van der Waals surface area contributed by atoms with Gasteiger partial charge in [0.25, 0.3) is 0 Å². The number of anilines is 1. The quantitative estimate of drug-likeness (QED) is 0.795. The molecule has 1 amide bonds. The average molecular weight is 387 g/mol. The van der Waals surface area contributed by atoms with E-state index in [0.29, 0.717) is 22.3 Å². The smallest absolute Gasteiger partial charge is 0.248 e. The van der Waals surface area contributed by atoms with Gasteiger partial charge < -0.3 is 4.90 Å². The predicted octanol–water partition coefficient (Wildman–Crippen LogP) is 3.13. The van der Waals surface area contributed by atoms with Crippen LogP contribution in [-0.2, 0) is 14.6 Å². The van der Waals surface area contributed by atoms with Gasteiger partial charge in [0.2, 0.25) is 5.91 Å². The fraction of sp³-hybridized carbons (Fsp3) is 0.500. The van der Waals surface area contributed by atoms with Crippen LogP contribution in [0.3, 0.4) is 0 Å². The Bertz CT molecular complexity index is 779. The van der Waals surface area contributed by atoms with E-state index >= 15 is 0 Å². The molecule has 1 aromatic carbocycles. The first-order valence-electron chi connectivity index (χ1n) is 7.93. The summed E-state index contributed by atoms with van der Waals surface area (Å²) in [7, 11) is -3.07. The molecule has 8 heteroatoms. The highest BCUT2D eigenvalue weighted by Gasteiger charge is 2.49. The van der Waals surface area contributed by atoms with Crippen molar-refractivity contribution in [3.8, 4) is 0 Å². The minimum Gasteiger partial charge on any atom is -0.314 e. The number of thioether (sulfide) groups is 1. The van der Waals surface area contributed by atoms with Crippen molar-refractivity contribution in [3.63, 3.8) is 0 Å². The fourth-order valence-electron chi connectivity index (χ4n) is 2.98. The summed E-state index contributed by atoms with van der Waals surface area (Å²) in [4.78, 5) is 18.2. The molecule has 2 saturated heterocycles. The topological polar surface area (TPSA) is 66.8 Å². The first-order chi connectivity index (χ1) is 11.4. The summed E-state index contributed by atoms with van der Waals surface area (Å²) < 4.78 is 24.0. The highest BCUT2D eigenvalue weighted by Crippen LogP contribution is 2.42. The van der Waals surface area contributed by atoms with E-state index < -0.39 is 9.84 Å². The molecule has 0 bridgehead atoms. The van der Waals surface area contributed by atoms with E-state index in [9.17, 15) is 13.2 Å². The number of para-hydroxylation sites is 1. The standard InChI is InChI=1S/C16H19ClN2O3S2/c1-2-3-8-15(20)18-16-19(12-7-5-4-6-11(12)17)13-9-24(21,22)10-14(13)23-16/h4-7,13-14H,2-3,8-10H2,1H3/t13-,14-/m0/s1. The molecule has 5 nitrogen and oxygen atoms in total. The molecule has 3 rings (SSSR count). The van der Waals surface area contributed by atoms with E-state index in [1.165, 1.54) is 11.8 Å². The molecule has 2 fully saturated rings. The van der Waals surface area contributed by atoms with E-state index in [0.717, 1.165) is 12.8 Å². The second-order valence-electron chi connectivity index (χ2n) is 6.01. The second-order valence-corrected chi connectivity index (χ2v) is 9.78. The lowest BCUT2D eigenvalue weighted by atomic mass is 10.2. The Morgan fingerprint density at radius 2 is 2.12 bits per heavy atom. The first kappa shape index (κ1) is 17.8. The normalized spacial score (nSPS) is 26.8. The summed E-state index contributed by atoms with van der Waals surface area (Å²) in [5.41, 5.74) is 0.707. The lowest BCUT2D eigenvalue weighted by Crippen LogP contribution is -2.37. The van der Waals surface area contributed by atoms with Crippen LogP contribution in [0.15, 0.2) is 29.3 Å². The van der Waals surface area contributed by atoms with Gasteiger partial charge in [-0.3, -0.25) is 4.79 Å². The Balaban J connectivity index is 1.96. The molecule has 0 aromatic heterocycles. The maximum Gasteiger partial charge on any atom is 0.248 e. The zero-order valence-electron chi connectivity index (χ0n) is 13.3. The molecular weight excluding hydrogens is 368 g/mol. The van der Waals surface area contributed by atoms with Crippen LogP contribution in [0.5, 0.6) is 0 Å². The second kappa shape index (κ2) is 7.06. The first-order valence-corrected chi connectivity index (χ1v) is 11.0. The lowest BCUT2D eigenvalue weighted by molar-refractivity contribution is -0.117. The number of fused-ring (bicyclic) bond motifs is 1. The molecule has 2 aliphatic heterocycles. The summed E-state index contributed by atoms with van der Waals surface area (Å²) in [6.07, 6.45) is 2.14. The maximum atomic E-state index is 12.1. The van der Waals surface area contributed by atoms with E-state index in [-0.39, 0.29) is 28.7 Å². The van der Waals surface area contributed by atoms with Crippen LogP contribution in [0, 0.1) is 0 Å². The number of amidine groups is 1. The Kier molecular flexibility index (Phi) is 5.22. The number of hydrogen-bond donors (Lipinski definition) is 0. The van der Waals surface area contributed by atoms with Crippen molar-refractivity contribution in [2.75, 3.05) is 16.4 Å². The van der Waals surface area contributed by atoms with Crippen LogP contribution in [-0.4, -0.2) is 42.3 Å². The number of rotatable bonds is 4. The van der Waals surface area contributed by atoms with Gasteiger partial charge in [-0.1, -0.05) is 48.8 Å². The molecule has 0 aliphatic carbocycles. The number of carbonyl (C=O) groups excluding carboxylic acids is 1. The van der Waals surface area contributed by atoms with Gasteiger partial charge in [-0.15, -0.1) is 0 Å². The number of aliphatic imine (C=N–C) groups is 1. The molecule has 0 unspecified atom stereocenters. The summed E-state index contributed by atoms with van der Waals surface area (Å²) >= 11 is 7.69. The number of hydrogen-bond acceptors (Lipinski definition) is 4.